The van der Waals surface area contributed by atoms with Crippen LogP contribution in [-0.2, 0) is 0 Å². The molecule has 1 atom stereocenters. The van der Waals surface area contributed by atoms with Crippen molar-refractivity contribution in [2.24, 2.45) is 0 Å². The maximum Gasteiger partial charge on any atom is 0.255 e. The monoisotopic (exact) mass is 311 g/mol. The fourth-order valence-electron chi connectivity index (χ4n) is 2.16. The van der Waals surface area contributed by atoms with Gasteiger partial charge in [0.05, 0.1) is 6.10 Å². The van der Waals surface area contributed by atoms with Crippen molar-refractivity contribution in [2.45, 2.75) is 46.1 Å². The van der Waals surface area contributed by atoms with Crippen LogP contribution in [0, 0.1) is 0 Å². The van der Waals surface area contributed by atoms with Crippen LogP contribution < -0.4 is 10.1 Å². The fraction of sp³-hybridized carbons (Fsp3) is 0.350. The SMILES string of the molecule is CCC(C)Oc1ccc(NC(=O)c2ccc(C(C)C)cc2)cc1. The standard InChI is InChI=1S/C20H25NO2/c1-5-15(4)23-19-12-10-18(11-13-19)21-20(22)17-8-6-16(7-9-17)14(2)3/h6-15H,5H2,1-4H3,(H,21,22). The second-order valence-electron chi connectivity index (χ2n) is 6.09. The molecule has 0 radical (unpaired) electrons. The highest BCUT2D eigenvalue weighted by Crippen LogP contribution is 2.19. The summed E-state index contributed by atoms with van der Waals surface area (Å²) in [4.78, 5) is 12.3. The number of anilines is 1. The quantitative estimate of drug-likeness (QED) is 0.792. The molecule has 0 heterocycles. The summed E-state index contributed by atoms with van der Waals surface area (Å²) in [7, 11) is 0. The molecule has 2 aromatic rings. The molecule has 23 heavy (non-hydrogen) atoms. The Kier molecular flexibility index (Phi) is 5.80. The normalized spacial score (nSPS) is 12.0. The molecule has 0 saturated heterocycles. The number of hydrogen-bond acceptors (Lipinski definition) is 2. The molecule has 1 unspecified atom stereocenters. The molecule has 2 aromatic carbocycles. The molecule has 0 saturated carbocycles. The van der Waals surface area contributed by atoms with Gasteiger partial charge in [-0.05, 0) is 61.2 Å². The molecule has 0 bridgehead atoms. The van der Waals surface area contributed by atoms with Gasteiger partial charge in [0.25, 0.3) is 5.91 Å². The van der Waals surface area contributed by atoms with Crippen LogP contribution in [-0.4, -0.2) is 12.0 Å². The summed E-state index contributed by atoms with van der Waals surface area (Å²) in [6.07, 6.45) is 1.15. The Morgan fingerprint density at radius 3 is 2.13 bits per heavy atom. The van der Waals surface area contributed by atoms with Gasteiger partial charge in [0, 0.05) is 11.3 Å². The van der Waals surface area contributed by atoms with Crippen molar-refractivity contribution in [1.82, 2.24) is 0 Å². The van der Waals surface area contributed by atoms with Gasteiger partial charge in [-0.3, -0.25) is 4.79 Å². The zero-order valence-corrected chi connectivity index (χ0v) is 14.3. The van der Waals surface area contributed by atoms with Gasteiger partial charge in [-0.1, -0.05) is 32.9 Å². The predicted octanol–water partition coefficient (Wildman–Crippen LogP) is 5.24. The van der Waals surface area contributed by atoms with E-state index in [1.165, 1.54) is 5.56 Å². The average molecular weight is 311 g/mol. The summed E-state index contributed by atoms with van der Waals surface area (Å²) in [6, 6.07) is 15.2. The number of benzene rings is 2. The van der Waals surface area contributed by atoms with Crippen LogP contribution in [0.25, 0.3) is 0 Å². The molecule has 1 N–H and O–H groups in total. The molecule has 0 aromatic heterocycles. The third-order valence-corrected chi connectivity index (χ3v) is 3.86. The Bertz CT molecular complexity index is 630. The Labute approximate surface area is 138 Å². The molecule has 0 fully saturated rings. The lowest BCUT2D eigenvalue weighted by atomic mass is 10.0. The van der Waals surface area contributed by atoms with Gasteiger partial charge in [-0.15, -0.1) is 0 Å². The summed E-state index contributed by atoms with van der Waals surface area (Å²) in [5.74, 6) is 1.18. The van der Waals surface area contributed by atoms with Crippen LogP contribution in [0.5, 0.6) is 5.75 Å². The van der Waals surface area contributed by atoms with Gasteiger partial charge in [0.2, 0.25) is 0 Å². The molecule has 3 nitrogen and oxygen atoms in total. The first-order chi connectivity index (χ1) is 11.0. The van der Waals surface area contributed by atoms with Crippen LogP contribution in [0.3, 0.4) is 0 Å². The minimum atomic E-state index is -0.101. The van der Waals surface area contributed by atoms with Crippen LogP contribution in [0.1, 0.15) is 56.0 Å². The first-order valence-electron chi connectivity index (χ1n) is 8.17. The number of rotatable bonds is 6. The molecular formula is C20H25NO2. The molecule has 122 valence electrons. The van der Waals surface area contributed by atoms with Gasteiger partial charge in [0.1, 0.15) is 5.75 Å². The van der Waals surface area contributed by atoms with E-state index < -0.39 is 0 Å². The van der Waals surface area contributed by atoms with Gasteiger partial charge < -0.3 is 10.1 Å². The lowest BCUT2D eigenvalue weighted by Crippen LogP contribution is -2.12. The smallest absolute Gasteiger partial charge is 0.255 e. The number of carbonyl (C=O) groups excluding carboxylic acids is 1. The van der Waals surface area contributed by atoms with Crippen molar-refractivity contribution in [3.8, 4) is 5.75 Å². The zero-order chi connectivity index (χ0) is 16.8. The van der Waals surface area contributed by atoms with E-state index in [1.54, 1.807) is 0 Å². The van der Waals surface area contributed by atoms with Gasteiger partial charge >= 0.3 is 0 Å². The highest BCUT2D eigenvalue weighted by atomic mass is 16.5. The molecule has 0 spiro atoms. The maximum atomic E-state index is 12.3. The van der Waals surface area contributed by atoms with E-state index in [9.17, 15) is 4.79 Å². The number of nitrogens with one attached hydrogen (secondary N) is 1. The summed E-state index contributed by atoms with van der Waals surface area (Å²) < 4.78 is 5.73. The molecule has 0 aliphatic rings. The fourth-order valence-corrected chi connectivity index (χ4v) is 2.16. The Balaban J connectivity index is 1.99. The minimum absolute atomic E-state index is 0.101. The largest absolute Gasteiger partial charge is 0.491 e. The minimum Gasteiger partial charge on any atom is -0.491 e. The molecule has 0 aliphatic carbocycles. The van der Waals surface area contributed by atoms with Crippen LogP contribution in [0.15, 0.2) is 48.5 Å². The van der Waals surface area contributed by atoms with Crippen molar-refractivity contribution >= 4 is 11.6 Å². The second-order valence-corrected chi connectivity index (χ2v) is 6.09. The predicted molar refractivity (Wildman–Crippen MR) is 95.3 cm³/mol. The van der Waals surface area contributed by atoms with Crippen molar-refractivity contribution in [2.75, 3.05) is 5.32 Å². The van der Waals surface area contributed by atoms with Gasteiger partial charge in [-0.2, -0.15) is 0 Å². The van der Waals surface area contributed by atoms with E-state index >= 15 is 0 Å². The highest BCUT2D eigenvalue weighted by molar-refractivity contribution is 6.04. The summed E-state index contributed by atoms with van der Waals surface area (Å²) in [6.45, 7) is 8.40. The Hall–Kier alpha value is -2.29. The molecule has 1 amide bonds. The van der Waals surface area contributed by atoms with Crippen molar-refractivity contribution in [1.29, 1.82) is 0 Å². The number of hydrogen-bond donors (Lipinski definition) is 1. The van der Waals surface area contributed by atoms with E-state index in [4.69, 9.17) is 4.74 Å². The van der Waals surface area contributed by atoms with Gasteiger partial charge in [-0.25, -0.2) is 0 Å². The average Bonchev–Trinajstić information content (AvgIpc) is 2.56. The number of amides is 1. The van der Waals surface area contributed by atoms with Crippen LogP contribution in [0.2, 0.25) is 0 Å². The van der Waals surface area contributed by atoms with E-state index in [0.717, 1.165) is 17.9 Å². The van der Waals surface area contributed by atoms with Crippen LogP contribution in [0.4, 0.5) is 5.69 Å². The molecular weight excluding hydrogens is 286 g/mol. The van der Waals surface area contributed by atoms with Crippen molar-refractivity contribution in [3.05, 3.63) is 59.7 Å². The second kappa shape index (κ2) is 7.82. The highest BCUT2D eigenvalue weighted by Gasteiger charge is 2.07. The first kappa shape index (κ1) is 17.1. The lowest BCUT2D eigenvalue weighted by Gasteiger charge is -2.13. The third kappa shape index (κ3) is 4.85. The zero-order valence-electron chi connectivity index (χ0n) is 14.3. The van der Waals surface area contributed by atoms with E-state index in [2.05, 4.69) is 26.1 Å². The van der Waals surface area contributed by atoms with Crippen molar-refractivity contribution in [3.63, 3.8) is 0 Å². The summed E-state index contributed by atoms with van der Waals surface area (Å²) >= 11 is 0. The first-order valence-corrected chi connectivity index (χ1v) is 8.17. The summed E-state index contributed by atoms with van der Waals surface area (Å²) in [5, 5.41) is 2.91. The van der Waals surface area contributed by atoms with E-state index in [-0.39, 0.29) is 12.0 Å². The van der Waals surface area contributed by atoms with Gasteiger partial charge in [0.15, 0.2) is 0 Å². The Morgan fingerprint density at radius 1 is 1.00 bits per heavy atom. The number of carbonyl (C=O) groups is 1. The van der Waals surface area contributed by atoms with E-state index in [1.807, 2.05) is 55.5 Å². The summed E-state index contributed by atoms with van der Waals surface area (Å²) in [5.41, 5.74) is 2.65. The third-order valence-electron chi connectivity index (χ3n) is 3.86. The molecule has 2 rings (SSSR count). The molecule has 0 aliphatic heterocycles. The lowest BCUT2D eigenvalue weighted by molar-refractivity contribution is 0.102. The number of ether oxygens (including phenoxy) is 1. The van der Waals surface area contributed by atoms with Crippen molar-refractivity contribution < 1.29 is 9.53 Å². The van der Waals surface area contributed by atoms with Crippen LogP contribution >= 0.6 is 0 Å². The topological polar surface area (TPSA) is 38.3 Å². The molecule has 3 heteroatoms. The Morgan fingerprint density at radius 2 is 1.61 bits per heavy atom. The maximum absolute atomic E-state index is 12.3. The van der Waals surface area contributed by atoms with E-state index in [0.29, 0.717) is 11.5 Å².